The zero-order valence-electron chi connectivity index (χ0n) is 11.4. The van der Waals surface area contributed by atoms with Gasteiger partial charge < -0.3 is 5.32 Å². The second-order valence-electron chi connectivity index (χ2n) is 4.73. The van der Waals surface area contributed by atoms with Crippen LogP contribution in [0.3, 0.4) is 0 Å². The van der Waals surface area contributed by atoms with Crippen LogP contribution in [0.25, 0.3) is 10.8 Å². The van der Waals surface area contributed by atoms with Gasteiger partial charge in [0.15, 0.2) is 6.33 Å². The molecule has 0 saturated carbocycles. The average molecular weight is 267 g/mol. The van der Waals surface area contributed by atoms with Gasteiger partial charge in [-0.3, -0.25) is 0 Å². The first-order valence-electron chi connectivity index (χ1n) is 6.75. The quantitative estimate of drug-likeness (QED) is 0.768. The summed E-state index contributed by atoms with van der Waals surface area (Å²) in [6.07, 6.45) is 2.40. The molecule has 5 heteroatoms. The van der Waals surface area contributed by atoms with Gasteiger partial charge in [0.05, 0.1) is 0 Å². The molecule has 1 N–H and O–H groups in total. The highest BCUT2D eigenvalue weighted by Gasteiger charge is 2.17. The number of nitrogens with one attached hydrogen (secondary N) is 1. The molecule has 1 heterocycles. The highest BCUT2D eigenvalue weighted by molar-refractivity contribution is 5.86. The Bertz CT molecular complexity index is 672. The Hall–Kier alpha value is -2.27. The standard InChI is InChI=1S/C15H17N5/c1-16-10-9-15(20-18-11-17-19-20)14-8-4-6-12-5-2-3-7-13(12)14/h2-8,11,15-16H,9-10H2,1H3. The van der Waals surface area contributed by atoms with E-state index in [1.807, 2.05) is 7.05 Å². The zero-order chi connectivity index (χ0) is 13.8. The normalized spacial score (nSPS) is 12.7. The van der Waals surface area contributed by atoms with Crippen LogP contribution in [0.15, 0.2) is 48.8 Å². The molecule has 0 fully saturated rings. The maximum Gasteiger partial charge on any atom is 0.162 e. The van der Waals surface area contributed by atoms with E-state index in [0.717, 1.165) is 13.0 Å². The lowest BCUT2D eigenvalue weighted by molar-refractivity contribution is 0.424. The molecule has 0 aliphatic carbocycles. The van der Waals surface area contributed by atoms with Crippen molar-refractivity contribution in [1.29, 1.82) is 0 Å². The highest BCUT2D eigenvalue weighted by atomic mass is 15.6. The molecule has 0 amide bonds. The average Bonchev–Trinajstić information content (AvgIpc) is 3.02. The minimum atomic E-state index is 0.0936. The molecule has 1 aromatic heterocycles. The van der Waals surface area contributed by atoms with Crippen molar-refractivity contribution in [2.75, 3.05) is 13.6 Å². The molecule has 0 radical (unpaired) electrons. The summed E-state index contributed by atoms with van der Waals surface area (Å²) in [4.78, 5) is 1.69. The Morgan fingerprint density at radius 1 is 1.15 bits per heavy atom. The van der Waals surface area contributed by atoms with Crippen molar-refractivity contribution in [3.05, 3.63) is 54.4 Å². The first kappa shape index (κ1) is 12.7. The van der Waals surface area contributed by atoms with Crippen LogP contribution in [0, 0.1) is 0 Å². The van der Waals surface area contributed by atoms with Gasteiger partial charge in [-0.05, 0) is 41.6 Å². The molecule has 3 rings (SSSR count). The van der Waals surface area contributed by atoms with Crippen LogP contribution in [0.5, 0.6) is 0 Å². The lowest BCUT2D eigenvalue weighted by Crippen LogP contribution is -2.20. The Morgan fingerprint density at radius 2 is 2.00 bits per heavy atom. The van der Waals surface area contributed by atoms with Crippen LogP contribution >= 0.6 is 0 Å². The van der Waals surface area contributed by atoms with Crippen LogP contribution < -0.4 is 5.32 Å². The molecule has 0 aliphatic rings. The first-order valence-corrected chi connectivity index (χ1v) is 6.75. The largest absolute Gasteiger partial charge is 0.320 e. The van der Waals surface area contributed by atoms with Gasteiger partial charge in [0.1, 0.15) is 6.04 Å². The van der Waals surface area contributed by atoms with E-state index in [0.29, 0.717) is 0 Å². The van der Waals surface area contributed by atoms with Gasteiger partial charge >= 0.3 is 0 Å². The minimum Gasteiger partial charge on any atom is -0.320 e. The third kappa shape index (κ3) is 2.40. The molecule has 20 heavy (non-hydrogen) atoms. The molecule has 0 aliphatic heterocycles. The maximum atomic E-state index is 4.22. The summed E-state index contributed by atoms with van der Waals surface area (Å²) in [7, 11) is 1.95. The number of hydrogen-bond acceptors (Lipinski definition) is 4. The van der Waals surface area contributed by atoms with Gasteiger partial charge in [0.25, 0.3) is 0 Å². The molecule has 1 unspecified atom stereocenters. The summed E-state index contributed by atoms with van der Waals surface area (Å²) in [5.74, 6) is 0. The van der Waals surface area contributed by atoms with Crippen LogP contribution in [0.4, 0.5) is 0 Å². The van der Waals surface area contributed by atoms with E-state index in [9.17, 15) is 0 Å². The monoisotopic (exact) mass is 267 g/mol. The van der Waals surface area contributed by atoms with Crippen LogP contribution in [-0.4, -0.2) is 33.8 Å². The number of aromatic nitrogens is 4. The molecule has 1 atom stereocenters. The second kappa shape index (κ2) is 5.79. The molecule has 3 aromatic rings. The smallest absolute Gasteiger partial charge is 0.162 e. The third-order valence-corrected chi connectivity index (χ3v) is 3.49. The maximum absolute atomic E-state index is 4.22. The van der Waals surface area contributed by atoms with E-state index in [4.69, 9.17) is 0 Å². The van der Waals surface area contributed by atoms with Crippen molar-refractivity contribution in [1.82, 2.24) is 25.5 Å². The van der Waals surface area contributed by atoms with Crippen molar-refractivity contribution in [2.24, 2.45) is 0 Å². The number of nitrogens with zero attached hydrogens (tertiary/aromatic N) is 4. The van der Waals surface area contributed by atoms with Crippen molar-refractivity contribution >= 4 is 10.8 Å². The van der Waals surface area contributed by atoms with Crippen LogP contribution in [0.2, 0.25) is 0 Å². The summed E-state index contributed by atoms with van der Waals surface area (Å²) < 4.78 is 0. The molecule has 0 saturated heterocycles. The number of hydrogen-bond donors (Lipinski definition) is 1. The summed E-state index contributed by atoms with van der Waals surface area (Å²) in [5, 5.41) is 17.8. The molecular weight excluding hydrogens is 250 g/mol. The van der Waals surface area contributed by atoms with E-state index >= 15 is 0 Å². The fourth-order valence-corrected chi connectivity index (χ4v) is 2.54. The molecule has 0 bridgehead atoms. The number of rotatable bonds is 5. The van der Waals surface area contributed by atoms with Gasteiger partial charge in [-0.25, -0.2) is 0 Å². The molecular formula is C15H17N5. The Kier molecular flexibility index (Phi) is 3.69. The van der Waals surface area contributed by atoms with Gasteiger partial charge in [0, 0.05) is 0 Å². The summed E-state index contributed by atoms with van der Waals surface area (Å²) in [6, 6.07) is 14.8. The van der Waals surface area contributed by atoms with Gasteiger partial charge in [0.2, 0.25) is 0 Å². The first-order chi connectivity index (χ1) is 9.90. The van der Waals surface area contributed by atoms with Crippen molar-refractivity contribution in [3.8, 4) is 0 Å². The number of tetrazole rings is 1. The Morgan fingerprint density at radius 3 is 2.80 bits per heavy atom. The predicted molar refractivity (Wildman–Crippen MR) is 78.4 cm³/mol. The number of fused-ring (bicyclic) bond motifs is 1. The Balaban J connectivity index is 2.09. The van der Waals surface area contributed by atoms with Crippen molar-refractivity contribution < 1.29 is 0 Å². The second-order valence-corrected chi connectivity index (χ2v) is 4.73. The molecule has 2 aromatic carbocycles. The molecule has 0 spiro atoms. The summed E-state index contributed by atoms with van der Waals surface area (Å²) in [5.41, 5.74) is 1.23. The SMILES string of the molecule is CNCCC(c1cccc2ccccc12)n1ncnn1. The van der Waals surface area contributed by atoms with Crippen LogP contribution in [-0.2, 0) is 0 Å². The molecule has 102 valence electrons. The van der Waals surface area contributed by atoms with Crippen molar-refractivity contribution in [2.45, 2.75) is 12.5 Å². The lowest BCUT2D eigenvalue weighted by atomic mass is 9.97. The third-order valence-electron chi connectivity index (χ3n) is 3.49. The fraction of sp³-hybridized carbons (Fsp3) is 0.267. The van der Waals surface area contributed by atoms with Gasteiger partial charge in [-0.15, -0.1) is 10.2 Å². The fourth-order valence-electron chi connectivity index (χ4n) is 2.54. The Labute approximate surface area is 117 Å². The topological polar surface area (TPSA) is 55.6 Å². The van der Waals surface area contributed by atoms with E-state index < -0.39 is 0 Å². The van der Waals surface area contributed by atoms with E-state index in [1.165, 1.54) is 22.7 Å². The van der Waals surface area contributed by atoms with Gasteiger partial charge in [-0.2, -0.15) is 4.80 Å². The highest BCUT2D eigenvalue weighted by Crippen LogP contribution is 2.27. The van der Waals surface area contributed by atoms with E-state index in [-0.39, 0.29) is 6.04 Å². The zero-order valence-corrected chi connectivity index (χ0v) is 11.4. The van der Waals surface area contributed by atoms with E-state index in [1.54, 1.807) is 4.80 Å². The van der Waals surface area contributed by atoms with Crippen LogP contribution in [0.1, 0.15) is 18.0 Å². The predicted octanol–water partition coefficient (Wildman–Crippen LogP) is 2.03. The minimum absolute atomic E-state index is 0.0936. The van der Waals surface area contributed by atoms with Crippen molar-refractivity contribution in [3.63, 3.8) is 0 Å². The van der Waals surface area contributed by atoms with Gasteiger partial charge in [-0.1, -0.05) is 42.5 Å². The molecule has 5 nitrogen and oxygen atoms in total. The number of benzene rings is 2. The lowest BCUT2D eigenvalue weighted by Gasteiger charge is -2.18. The summed E-state index contributed by atoms with van der Waals surface area (Å²) in [6.45, 7) is 0.898. The summed E-state index contributed by atoms with van der Waals surface area (Å²) >= 11 is 0. The van der Waals surface area contributed by atoms with E-state index in [2.05, 4.69) is 63.2 Å².